The average molecular weight is 164 g/mol. The Bertz CT molecular complexity index is 291. The first-order chi connectivity index (χ1) is 5.75. The van der Waals surface area contributed by atoms with E-state index in [4.69, 9.17) is 0 Å². The van der Waals surface area contributed by atoms with Crippen LogP contribution in [0.3, 0.4) is 0 Å². The molecule has 0 N–H and O–H groups in total. The molecule has 2 rings (SSSR count). The van der Waals surface area contributed by atoms with Crippen molar-refractivity contribution < 1.29 is 4.39 Å². The second-order valence-corrected chi connectivity index (χ2v) is 3.76. The maximum Gasteiger partial charge on any atom is 0.123 e. The van der Waals surface area contributed by atoms with Crippen LogP contribution in [0.5, 0.6) is 0 Å². The van der Waals surface area contributed by atoms with Gasteiger partial charge in [0, 0.05) is 0 Å². The Morgan fingerprint density at radius 1 is 1.33 bits per heavy atom. The summed E-state index contributed by atoms with van der Waals surface area (Å²) < 4.78 is 12.8. The van der Waals surface area contributed by atoms with E-state index in [0.29, 0.717) is 0 Å². The van der Waals surface area contributed by atoms with E-state index in [1.54, 1.807) is 12.1 Å². The van der Waals surface area contributed by atoms with Crippen molar-refractivity contribution in [2.75, 3.05) is 0 Å². The van der Waals surface area contributed by atoms with Gasteiger partial charge in [-0.3, -0.25) is 0 Å². The summed E-state index contributed by atoms with van der Waals surface area (Å²) in [7, 11) is 0. The van der Waals surface area contributed by atoms with Gasteiger partial charge in [-0.2, -0.15) is 0 Å². The number of hydrogen-bond acceptors (Lipinski definition) is 0. The molecule has 0 heterocycles. The molecule has 0 radical (unpaired) electrons. The molecule has 0 fully saturated rings. The van der Waals surface area contributed by atoms with Gasteiger partial charge in [-0.1, -0.05) is 13.0 Å². The highest BCUT2D eigenvalue weighted by molar-refractivity contribution is 5.30. The number of fused-ring (bicyclic) bond motifs is 1. The highest BCUT2D eigenvalue weighted by atomic mass is 19.1. The van der Waals surface area contributed by atoms with Gasteiger partial charge in [0.1, 0.15) is 5.82 Å². The molecule has 0 saturated carbocycles. The molecule has 0 saturated heterocycles. The normalized spacial score (nSPS) is 22.0. The van der Waals surface area contributed by atoms with E-state index in [2.05, 4.69) is 6.92 Å². The van der Waals surface area contributed by atoms with Crippen molar-refractivity contribution in [3.8, 4) is 0 Å². The lowest BCUT2D eigenvalue weighted by Crippen LogP contribution is -2.11. The number of hydrogen-bond donors (Lipinski definition) is 0. The second kappa shape index (κ2) is 2.89. The zero-order valence-corrected chi connectivity index (χ0v) is 7.31. The molecule has 1 aromatic carbocycles. The Kier molecular flexibility index (Phi) is 1.87. The van der Waals surface area contributed by atoms with Crippen LogP contribution >= 0.6 is 0 Å². The van der Waals surface area contributed by atoms with E-state index in [0.717, 1.165) is 18.8 Å². The first kappa shape index (κ1) is 7.78. The molecule has 12 heavy (non-hydrogen) atoms. The summed E-state index contributed by atoms with van der Waals surface area (Å²) in [5, 5.41) is 0. The van der Waals surface area contributed by atoms with E-state index in [9.17, 15) is 4.39 Å². The molecule has 0 spiro atoms. The fourth-order valence-electron chi connectivity index (χ4n) is 1.91. The lowest BCUT2D eigenvalue weighted by Gasteiger charge is -2.20. The fraction of sp³-hybridized carbons (Fsp3) is 0.455. The fourth-order valence-corrected chi connectivity index (χ4v) is 1.91. The van der Waals surface area contributed by atoms with Gasteiger partial charge in [0.05, 0.1) is 0 Å². The molecule has 0 nitrogen and oxygen atoms in total. The molecule has 64 valence electrons. The largest absolute Gasteiger partial charge is 0.207 e. The summed E-state index contributed by atoms with van der Waals surface area (Å²) in [6.45, 7) is 2.23. The smallest absolute Gasteiger partial charge is 0.123 e. The van der Waals surface area contributed by atoms with Gasteiger partial charge < -0.3 is 0 Å². The number of halogens is 1. The highest BCUT2D eigenvalue weighted by Gasteiger charge is 2.14. The summed E-state index contributed by atoms with van der Waals surface area (Å²) >= 11 is 0. The number of rotatable bonds is 0. The van der Waals surface area contributed by atoms with Gasteiger partial charge in [0.25, 0.3) is 0 Å². The first-order valence-corrected chi connectivity index (χ1v) is 4.53. The van der Waals surface area contributed by atoms with Crippen LogP contribution in [0.1, 0.15) is 24.5 Å². The highest BCUT2D eigenvalue weighted by Crippen LogP contribution is 2.25. The lowest BCUT2D eigenvalue weighted by molar-refractivity contribution is 0.497. The van der Waals surface area contributed by atoms with Gasteiger partial charge in [-0.05, 0) is 48.4 Å². The van der Waals surface area contributed by atoms with Crippen LogP contribution in [0.2, 0.25) is 0 Å². The molecule has 0 aliphatic heterocycles. The number of aryl methyl sites for hydroxylation is 1. The molecule has 1 heteroatoms. The standard InChI is InChI=1S/C11H13F/c1-8-2-3-9-4-5-11(12)7-10(9)6-8/h4-5,7-8H,2-3,6H2,1H3. The number of benzene rings is 1. The second-order valence-electron chi connectivity index (χ2n) is 3.76. The third kappa shape index (κ3) is 1.36. The minimum atomic E-state index is -0.0946. The first-order valence-electron chi connectivity index (χ1n) is 4.53. The Morgan fingerprint density at radius 2 is 2.17 bits per heavy atom. The molecule has 0 bridgehead atoms. The van der Waals surface area contributed by atoms with Crippen LogP contribution in [0.25, 0.3) is 0 Å². The lowest BCUT2D eigenvalue weighted by atomic mass is 9.85. The van der Waals surface area contributed by atoms with E-state index < -0.39 is 0 Å². The summed E-state index contributed by atoms with van der Waals surface area (Å²) in [6, 6.07) is 5.18. The van der Waals surface area contributed by atoms with Crippen molar-refractivity contribution >= 4 is 0 Å². The van der Waals surface area contributed by atoms with Crippen LogP contribution in [-0.2, 0) is 12.8 Å². The van der Waals surface area contributed by atoms with E-state index in [1.807, 2.05) is 6.07 Å². The van der Waals surface area contributed by atoms with Crippen molar-refractivity contribution in [1.29, 1.82) is 0 Å². The maximum absolute atomic E-state index is 12.8. The molecular weight excluding hydrogens is 151 g/mol. The molecule has 0 aromatic heterocycles. The molecule has 1 unspecified atom stereocenters. The molecular formula is C11H13F. The molecule has 1 atom stereocenters. The summed E-state index contributed by atoms with van der Waals surface area (Å²) in [6.07, 6.45) is 3.42. The van der Waals surface area contributed by atoms with Crippen LogP contribution in [0.15, 0.2) is 18.2 Å². The van der Waals surface area contributed by atoms with Crippen molar-refractivity contribution in [1.82, 2.24) is 0 Å². The molecule has 1 aliphatic carbocycles. The van der Waals surface area contributed by atoms with Crippen LogP contribution in [0, 0.1) is 11.7 Å². The predicted octanol–water partition coefficient (Wildman–Crippen LogP) is 2.95. The van der Waals surface area contributed by atoms with Crippen LogP contribution in [0.4, 0.5) is 4.39 Å². The van der Waals surface area contributed by atoms with Crippen molar-refractivity contribution in [2.24, 2.45) is 5.92 Å². The topological polar surface area (TPSA) is 0 Å². The summed E-state index contributed by atoms with van der Waals surface area (Å²) in [4.78, 5) is 0. The van der Waals surface area contributed by atoms with E-state index in [-0.39, 0.29) is 5.82 Å². The molecule has 0 amide bonds. The van der Waals surface area contributed by atoms with Gasteiger partial charge >= 0.3 is 0 Å². The van der Waals surface area contributed by atoms with Gasteiger partial charge in [0.2, 0.25) is 0 Å². The molecule has 1 aromatic rings. The van der Waals surface area contributed by atoms with Gasteiger partial charge in [0.15, 0.2) is 0 Å². The Morgan fingerprint density at radius 3 is 3.00 bits per heavy atom. The third-order valence-corrected chi connectivity index (χ3v) is 2.64. The average Bonchev–Trinajstić information content (AvgIpc) is 2.03. The Hall–Kier alpha value is -0.850. The summed E-state index contributed by atoms with van der Waals surface area (Å²) in [5.41, 5.74) is 2.56. The quantitative estimate of drug-likeness (QED) is 0.553. The van der Waals surface area contributed by atoms with Crippen LogP contribution < -0.4 is 0 Å². The van der Waals surface area contributed by atoms with Gasteiger partial charge in [-0.15, -0.1) is 0 Å². The van der Waals surface area contributed by atoms with Crippen molar-refractivity contribution in [3.05, 3.63) is 35.1 Å². The zero-order valence-electron chi connectivity index (χ0n) is 7.31. The van der Waals surface area contributed by atoms with Crippen molar-refractivity contribution in [2.45, 2.75) is 26.2 Å². The summed E-state index contributed by atoms with van der Waals surface area (Å²) in [5.74, 6) is 0.627. The minimum absolute atomic E-state index is 0.0946. The monoisotopic (exact) mass is 164 g/mol. The Labute approximate surface area is 72.4 Å². The van der Waals surface area contributed by atoms with Crippen LogP contribution in [-0.4, -0.2) is 0 Å². The zero-order chi connectivity index (χ0) is 8.55. The minimum Gasteiger partial charge on any atom is -0.207 e. The molecule has 1 aliphatic rings. The third-order valence-electron chi connectivity index (χ3n) is 2.64. The Balaban J connectivity index is 2.37. The van der Waals surface area contributed by atoms with E-state index in [1.165, 1.54) is 17.5 Å². The predicted molar refractivity (Wildman–Crippen MR) is 47.6 cm³/mol. The van der Waals surface area contributed by atoms with Crippen molar-refractivity contribution in [3.63, 3.8) is 0 Å². The SMILES string of the molecule is CC1CCc2ccc(F)cc2C1. The van der Waals surface area contributed by atoms with E-state index >= 15 is 0 Å². The van der Waals surface area contributed by atoms with Gasteiger partial charge in [-0.25, -0.2) is 4.39 Å². The maximum atomic E-state index is 12.8.